The Morgan fingerprint density at radius 3 is 2.69 bits per heavy atom. The molecule has 1 aliphatic heterocycles. The summed E-state index contributed by atoms with van der Waals surface area (Å²) in [7, 11) is 0. The van der Waals surface area contributed by atoms with Gasteiger partial charge in [0.25, 0.3) is 5.91 Å². The Labute approximate surface area is 148 Å². The number of halogens is 2. The lowest BCUT2D eigenvalue weighted by molar-refractivity contribution is 0.0667. The predicted octanol–water partition coefficient (Wildman–Crippen LogP) is 3.31. The average Bonchev–Trinajstić information content (AvgIpc) is 3.07. The van der Waals surface area contributed by atoms with Crippen molar-refractivity contribution in [2.45, 2.75) is 19.4 Å². The lowest BCUT2D eigenvalue weighted by atomic mass is 10.0. The number of imidazole rings is 1. The number of pyridine rings is 1. The molecule has 1 aromatic carbocycles. The summed E-state index contributed by atoms with van der Waals surface area (Å²) in [5.74, 6) is -0.716. The van der Waals surface area contributed by atoms with Crippen molar-refractivity contribution in [1.82, 2.24) is 19.4 Å². The molecule has 3 heterocycles. The minimum atomic E-state index is -0.531. The van der Waals surface area contributed by atoms with Crippen molar-refractivity contribution in [3.63, 3.8) is 0 Å². The molecule has 0 N–H and O–H groups in total. The van der Waals surface area contributed by atoms with Gasteiger partial charge in [-0.05, 0) is 31.2 Å². The van der Waals surface area contributed by atoms with Crippen LogP contribution in [0.2, 0.25) is 0 Å². The fraction of sp³-hybridized carbons (Fsp3) is 0.211. The normalized spacial score (nSPS) is 16.4. The number of benzene rings is 1. The zero-order valence-corrected chi connectivity index (χ0v) is 14.1. The van der Waals surface area contributed by atoms with E-state index >= 15 is 0 Å². The molecule has 0 bridgehead atoms. The van der Waals surface area contributed by atoms with E-state index < -0.39 is 11.6 Å². The topological polar surface area (TPSA) is 51.0 Å². The first-order valence-electron chi connectivity index (χ1n) is 8.30. The maximum Gasteiger partial charge on any atom is 0.257 e. The van der Waals surface area contributed by atoms with Crippen LogP contribution in [-0.4, -0.2) is 31.9 Å². The first kappa shape index (κ1) is 16.4. The number of hydrogen-bond donors (Lipinski definition) is 0. The number of aromatic nitrogens is 3. The highest BCUT2D eigenvalue weighted by Crippen LogP contribution is 2.31. The molecule has 132 valence electrons. The zero-order valence-electron chi connectivity index (χ0n) is 14.1. The fourth-order valence-corrected chi connectivity index (χ4v) is 3.33. The third-order valence-corrected chi connectivity index (χ3v) is 4.68. The van der Waals surface area contributed by atoms with E-state index in [1.807, 2.05) is 6.92 Å². The van der Waals surface area contributed by atoms with Crippen LogP contribution in [0.15, 0.2) is 48.9 Å². The van der Waals surface area contributed by atoms with Crippen LogP contribution in [0.25, 0.3) is 5.82 Å². The van der Waals surface area contributed by atoms with Gasteiger partial charge in [0.05, 0.1) is 29.2 Å². The van der Waals surface area contributed by atoms with Gasteiger partial charge in [0.15, 0.2) is 0 Å². The number of amides is 1. The second-order valence-corrected chi connectivity index (χ2v) is 6.19. The number of fused-ring (bicyclic) bond motifs is 1. The van der Waals surface area contributed by atoms with Crippen LogP contribution in [0, 0.1) is 11.6 Å². The Morgan fingerprint density at radius 2 is 1.96 bits per heavy atom. The molecule has 0 fully saturated rings. The first-order valence-corrected chi connectivity index (χ1v) is 8.30. The van der Waals surface area contributed by atoms with E-state index in [0.29, 0.717) is 18.8 Å². The first-order chi connectivity index (χ1) is 12.6. The van der Waals surface area contributed by atoms with Gasteiger partial charge in [-0.2, -0.15) is 0 Å². The lowest BCUT2D eigenvalue weighted by Gasteiger charge is -2.33. The third kappa shape index (κ3) is 2.65. The molecule has 2 aromatic heterocycles. The van der Waals surface area contributed by atoms with Gasteiger partial charge in [0.1, 0.15) is 23.8 Å². The van der Waals surface area contributed by atoms with Gasteiger partial charge in [0, 0.05) is 13.0 Å². The number of rotatable bonds is 2. The average molecular weight is 354 g/mol. The van der Waals surface area contributed by atoms with Crippen LogP contribution in [0.5, 0.6) is 0 Å². The van der Waals surface area contributed by atoms with Crippen LogP contribution in [0.1, 0.15) is 34.7 Å². The Bertz CT molecular complexity index is 968. The van der Waals surface area contributed by atoms with E-state index in [4.69, 9.17) is 0 Å². The van der Waals surface area contributed by atoms with Crippen LogP contribution < -0.4 is 0 Å². The molecule has 0 radical (unpaired) electrons. The third-order valence-electron chi connectivity index (χ3n) is 4.68. The largest absolute Gasteiger partial charge is 0.330 e. The summed E-state index contributed by atoms with van der Waals surface area (Å²) in [6.07, 6.45) is 3.33. The van der Waals surface area contributed by atoms with Gasteiger partial charge in [-0.1, -0.05) is 12.1 Å². The van der Waals surface area contributed by atoms with Crippen molar-refractivity contribution < 1.29 is 13.6 Å². The smallest absolute Gasteiger partial charge is 0.257 e. The maximum atomic E-state index is 14.0. The molecule has 1 amide bonds. The summed E-state index contributed by atoms with van der Waals surface area (Å²) in [4.78, 5) is 22.9. The van der Waals surface area contributed by atoms with E-state index in [1.54, 1.807) is 34.0 Å². The summed E-state index contributed by atoms with van der Waals surface area (Å²) in [6.45, 7) is 2.31. The highest BCUT2D eigenvalue weighted by atomic mass is 19.1. The standard InChI is InChI=1S/C19H16F2N4O/c1-12-18-16(25(11-23-18)17-7-6-13(20)10-22-17)8-9-24(12)19(26)14-4-2-3-5-15(14)21/h2-7,10-12H,8-9H2,1H3. The van der Waals surface area contributed by atoms with Crippen LogP contribution in [-0.2, 0) is 6.42 Å². The Morgan fingerprint density at radius 1 is 1.15 bits per heavy atom. The second-order valence-electron chi connectivity index (χ2n) is 6.19. The minimum absolute atomic E-state index is 0.0578. The highest BCUT2D eigenvalue weighted by Gasteiger charge is 2.32. The van der Waals surface area contributed by atoms with Crippen molar-refractivity contribution in [3.05, 3.63) is 77.5 Å². The van der Waals surface area contributed by atoms with Crippen LogP contribution >= 0.6 is 0 Å². The molecule has 0 aliphatic carbocycles. The fourth-order valence-electron chi connectivity index (χ4n) is 3.33. The van der Waals surface area contributed by atoms with E-state index in [2.05, 4.69) is 9.97 Å². The van der Waals surface area contributed by atoms with Gasteiger partial charge in [-0.15, -0.1) is 0 Å². The Balaban J connectivity index is 1.66. The number of hydrogen-bond acceptors (Lipinski definition) is 3. The molecular weight excluding hydrogens is 338 g/mol. The summed E-state index contributed by atoms with van der Waals surface area (Å²) >= 11 is 0. The Hall–Kier alpha value is -3.09. The van der Waals surface area contributed by atoms with Gasteiger partial charge in [0.2, 0.25) is 0 Å². The second kappa shape index (κ2) is 6.33. The molecule has 1 unspecified atom stereocenters. The molecule has 1 aliphatic rings. The lowest BCUT2D eigenvalue weighted by Crippen LogP contribution is -2.39. The number of carbonyl (C=O) groups excluding carboxylic acids is 1. The number of carbonyl (C=O) groups is 1. The molecule has 7 heteroatoms. The maximum absolute atomic E-state index is 14.0. The van der Waals surface area contributed by atoms with E-state index in [0.717, 1.165) is 17.6 Å². The highest BCUT2D eigenvalue weighted by molar-refractivity contribution is 5.94. The SMILES string of the molecule is CC1c2ncn(-c3ccc(F)cn3)c2CCN1C(=O)c1ccccc1F. The summed E-state index contributed by atoms with van der Waals surface area (Å²) < 4.78 is 28.9. The minimum Gasteiger partial charge on any atom is -0.330 e. The van der Waals surface area contributed by atoms with Gasteiger partial charge >= 0.3 is 0 Å². The quantitative estimate of drug-likeness (QED) is 0.709. The van der Waals surface area contributed by atoms with Crippen molar-refractivity contribution in [1.29, 1.82) is 0 Å². The van der Waals surface area contributed by atoms with Gasteiger partial charge in [-0.3, -0.25) is 9.36 Å². The monoisotopic (exact) mass is 354 g/mol. The zero-order chi connectivity index (χ0) is 18.3. The Kier molecular flexibility index (Phi) is 3.99. The van der Waals surface area contributed by atoms with Crippen molar-refractivity contribution in [3.8, 4) is 5.82 Å². The van der Waals surface area contributed by atoms with Gasteiger partial charge in [-0.25, -0.2) is 18.7 Å². The van der Waals surface area contributed by atoms with Crippen molar-refractivity contribution in [2.75, 3.05) is 6.54 Å². The predicted molar refractivity (Wildman–Crippen MR) is 90.9 cm³/mol. The molecule has 1 atom stereocenters. The van der Waals surface area contributed by atoms with Crippen molar-refractivity contribution in [2.24, 2.45) is 0 Å². The molecular formula is C19H16F2N4O. The molecule has 0 saturated heterocycles. The van der Waals surface area contributed by atoms with Gasteiger partial charge < -0.3 is 4.90 Å². The molecule has 0 spiro atoms. The summed E-state index contributed by atoms with van der Waals surface area (Å²) in [5.41, 5.74) is 1.73. The number of nitrogens with zero attached hydrogens (tertiary/aromatic N) is 4. The molecule has 4 rings (SSSR count). The van der Waals surface area contributed by atoms with E-state index in [-0.39, 0.29) is 17.5 Å². The van der Waals surface area contributed by atoms with E-state index in [1.165, 1.54) is 18.2 Å². The summed E-state index contributed by atoms with van der Waals surface area (Å²) in [6, 6.07) is 8.59. The molecule has 3 aromatic rings. The molecule has 0 saturated carbocycles. The van der Waals surface area contributed by atoms with Crippen LogP contribution in [0.4, 0.5) is 8.78 Å². The molecule has 26 heavy (non-hydrogen) atoms. The van der Waals surface area contributed by atoms with Crippen LogP contribution in [0.3, 0.4) is 0 Å². The van der Waals surface area contributed by atoms with E-state index in [9.17, 15) is 13.6 Å². The molecule has 5 nitrogen and oxygen atoms in total. The summed E-state index contributed by atoms with van der Waals surface area (Å²) in [5, 5.41) is 0. The van der Waals surface area contributed by atoms with Crippen molar-refractivity contribution >= 4 is 5.91 Å².